The van der Waals surface area contributed by atoms with E-state index in [2.05, 4.69) is 20.8 Å². The quantitative estimate of drug-likeness (QED) is 0.257. The van der Waals surface area contributed by atoms with Gasteiger partial charge in [0.25, 0.3) is 0 Å². The molecule has 7 nitrogen and oxygen atoms in total. The summed E-state index contributed by atoms with van der Waals surface area (Å²) in [5.41, 5.74) is 17.4. The van der Waals surface area contributed by atoms with Gasteiger partial charge in [-0.05, 0) is 67.3 Å². The van der Waals surface area contributed by atoms with Gasteiger partial charge in [-0.2, -0.15) is 0 Å². The maximum Gasteiger partial charge on any atom is 0.125 e. The Hall–Kier alpha value is -3.22. The molecule has 0 radical (unpaired) electrons. The van der Waals surface area contributed by atoms with Crippen molar-refractivity contribution >= 4 is 23.0 Å². The Morgan fingerprint density at radius 3 is 2.22 bits per heavy atom. The molecule has 0 saturated heterocycles. The van der Waals surface area contributed by atoms with Crippen molar-refractivity contribution in [1.29, 1.82) is 5.41 Å². The molecule has 1 saturated carbocycles. The van der Waals surface area contributed by atoms with Gasteiger partial charge in [-0.1, -0.05) is 18.1 Å². The molecule has 0 aromatic heterocycles. The fraction of sp³-hybridized carbons (Fsp3) is 0.300. The minimum Gasteiger partial charge on any atom is -0.384 e. The molecule has 1 aliphatic rings. The van der Waals surface area contributed by atoms with Crippen LogP contribution in [0.5, 0.6) is 0 Å². The van der Waals surface area contributed by atoms with E-state index in [9.17, 15) is 0 Å². The van der Waals surface area contributed by atoms with Gasteiger partial charge in [-0.15, -0.1) is 5.11 Å². The van der Waals surface area contributed by atoms with Crippen LogP contribution in [-0.2, 0) is 0 Å². The number of nitrogens with two attached hydrogens (primary N) is 2. The summed E-state index contributed by atoms with van der Waals surface area (Å²) in [6, 6.07) is 14.6. The molecule has 2 aromatic carbocycles. The molecule has 3 rings (SSSR count). The smallest absolute Gasteiger partial charge is 0.125 e. The standard InChI is InChI=1S/C20H25N7/c21-19(22)15-5-9-17(10-6-15)25-27-26-18-11-7-16(8-12-18)20(23)24-13-14-3-1-2-4-14/h5-12,14H,1-4,13H2,(H3,21,22)(H2,23,24)(H,25,26). The minimum absolute atomic E-state index is 0.0364. The summed E-state index contributed by atoms with van der Waals surface area (Å²) in [6.45, 7) is 0.819. The van der Waals surface area contributed by atoms with Crippen molar-refractivity contribution in [3.05, 3.63) is 59.7 Å². The number of aliphatic imine (C=N–C) groups is 1. The van der Waals surface area contributed by atoms with E-state index in [-0.39, 0.29) is 5.84 Å². The monoisotopic (exact) mass is 363 g/mol. The number of amidine groups is 2. The largest absolute Gasteiger partial charge is 0.384 e. The highest BCUT2D eigenvalue weighted by atomic mass is 15.4. The van der Waals surface area contributed by atoms with E-state index in [0.717, 1.165) is 23.5 Å². The first-order valence-corrected chi connectivity index (χ1v) is 9.13. The summed E-state index contributed by atoms with van der Waals surface area (Å²) in [4.78, 5) is 4.53. The van der Waals surface area contributed by atoms with Crippen LogP contribution in [0.1, 0.15) is 36.8 Å². The summed E-state index contributed by atoms with van der Waals surface area (Å²) in [7, 11) is 0. The number of nitrogens with zero attached hydrogens (tertiary/aromatic N) is 3. The van der Waals surface area contributed by atoms with E-state index >= 15 is 0 Å². The van der Waals surface area contributed by atoms with Crippen LogP contribution in [0.4, 0.5) is 11.4 Å². The lowest BCUT2D eigenvalue weighted by Crippen LogP contribution is -2.15. The van der Waals surface area contributed by atoms with Crippen LogP contribution in [0.3, 0.4) is 0 Å². The lowest BCUT2D eigenvalue weighted by molar-refractivity contribution is 0.563. The van der Waals surface area contributed by atoms with Crippen molar-refractivity contribution in [2.24, 2.45) is 32.7 Å². The van der Waals surface area contributed by atoms with Gasteiger partial charge in [0.2, 0.25) is 0 Å². The number of nitrogen functional groups attached to an aromatic ring is 1. The number of hydrogen-bond donors (Lipinski definition) is 4. The summed E-state index contributed by atoms with van der Waals surface area (Å²) < 4.78 is 0. The van der Waals surface area contributed by atoms with E-state index in [4.69, 9.17) is 16.9 Å². The second-order valence-electron chi connectivity index (χ2n) is 6.73. The molecule has 1 fully saturated rings. The summed E-state index contributed by atoms with van der Waals surface area (Å²) >= 11 is 0. The van der Waals surface area contributed by atoms with E-state index < -0.39 is 0 Å². The zero-order valence-corrected chi connectivity index (χ0v) is 15.2. The van der Waals surface area contributed by atoms with Crippen LogP contribution in [0.15, 0.2) is 63.9 Å². The molecule has 0 unspecified atom stereocenters. The van der Waals surface area contributed by atoms with Gasteiger partial charge in [0.1, 0.15) is 11.7 Å². The molecule has 0 bridgehead atoms. The van der Waals surface area contributed by atoms with E-state index in [0.29, 0.717) is 17.3 Å². The fourth-order valence-corrected chi connectivity index (χ4v) is 3.08. The zero-order valence-electron chi connectivity index (χ0n) is 15.2. The minimum atomic E-state index is 0.0364. The van der Waals surface area contributed by atoms with Crippen molar-refractivity contribution in [2.45, 2.75) is 25.7 Å². The molecule has 2 aromatic rings. The highest BCUT2D eigenvalue weighted by Crippen LogP contribution is 2.24. The lowest BCUT2D eigenvalue weighted by atomic mass is 10.1. The van der Waals surface area contributed by atoms with Gasteiger partial charge in [-0.25, -0.2) is 0 Å². The Balaban J connectivity index is 1.54. The van der Waals surface area contributed by atoms with Crippen molar-refractivity contribution in [2.75, 3.05) is 12.0 Å². The number of rotatable bonds is 7. The van der Waals surface area contributed by atoms with Crippen molar-refractivity contribution in [3.8, 4) is 0 Å². The molecule has 0 aliphatic heterocycles. The molecule has 0 atom stereocenters. The predicted octanol–water partition coefficient (Wildman–Crippen LogP) is 3.98. The predicted molar refractivity (Wildman–Crippen MR) is 110 cm³/mol. The summed E-state index contributed by atoms with van der Waals surface area (Å²) in [5, 5.41) is 15.5. The van der Waals surface area contributed by atoms with E-state index in [1.54, 1.807) is 24.3 Å². The first-order valence-electron chi connectivity index (χ1n) is 9.13. The normalized spacial score (nSPS) is 15.3. The molecule has 0 heterocycles. The second-order valence-corrected chi connectivity index (χ2v) is 6.73. The van der Waals surface area contributed by atoms with Crippen LogP contribution in [0.2, 0.25) is 0 Å². The van der Waals surface area contributed by atoms with Gasteiger partial charge in [0.05, 0.1) is 11.4 Å². The molecule has 0 amide bonds. The molecular weight excluding hydrogens is 338 g/mol. The average molecular weight is 363 g/mol. The lowest BCUT2D eigenvalue weighted by Gasteiger charge is -2.06. The first-order chi connectivity index (χ1) is 13.1. The second kappa shape index (κ2) is 8.93. The van der Waals surface area contributed by atoms with Crippen molar-refractivity contribution < 1.29 is 0 Å². The Labute approximate surface area is 159 Å². The van der Waals surface area contributed by atoms with E-state index in [1.165, 1.54) is 25.7 Å². The fourth-order valence-electron chi connectivity index (χ4n) is 3.08. The number of anilines is 1. The average Bonchev–Trinajstić information content (AvgIpc) is 3.21. The highest BCUT2D eigenvalue weighted by Gasteiger charge is 2.14. The summed E-state index contributed by atoms with van der Waals surface area (Å²) in [6.07, 6.45) is 5.16. The number of nitrogens with one attached hydrogen (secondary N) is 2. The molecule has 1 aliphatic carbocycles. The molecule has 6 N–H and O–H groups in total. The molecule has 140 valence electrons. The first kappa shape index (κ1) is 18.6. The third-order valence-electron chi connectivity index (χ3n) is 4.70. The number of benzene rings is 2. The van der Waals surface area contributed by atoms with Gasteiger partial charge in [-0.3, -0.25) is 15.8 Å². The highest BCUT2D eigenvalue weighted by molar-refractivity contribution is 5.97. The van der Waals surface area contributed by atoms with Crippen LogP contribution in [0, 0.1) is 11.3 Å². The van der Waals surface area contributed by atoms with Crippen LogP contribution >= 0.6 is 0 Å². The molecule has 7 heteroatoms. The number of hydrogen-bond acceptors (Lipinski definition) is 4. The summed E-state index contributed by atoms with van der Waals surface area (Å²) in [5.74, 6) is 1.30. The zero-order chi connectivity index (χ0) is 19.1. The third-order valence-corrected chi connectivity index (χ3v) is 4.70. The third kappa shape index (κ3) is 5.37. The SMILES string of the molecule is N=C(N)c1ccc(NN=Nc2ccc(C(N)=NCC3CCCC3)cc2)cc1. The van der Waals surface area contributed by atoms with Crippen LogP contribution in [0.25, 0.3) is 0 Å². The van der Waals surface area contributed by atoms with Crippen molar-refractivity contribution in [3.63, 3.8) is 0 Å². The maximum absolute atomic E-state index is 7.37. The van der Waals surface area contributed by atoms with Gasteiger partial charge >= 0.3 is 0 Å². The van der Waals surface area contributed by atoms with Gasteiger partial charge in [0, 0.05) is 17.7 Å². The maximum atomic E-state index is 7.37. The Morgan fingerprint density at radius 1 is 0.963 bits per heavy atom. The van der Waals surface area contributed by atoms with Crippen LogP contribution in [-0.4, -0.2) is 18.2 Å². The molecule has 0 spiro atoms. The van der Waals surface area contributed by atoms with Gasteiger partial charge < -0.3 is 11.5 Å². The topological polar surface area (TPSA) is 125 Å². The van der Waals surface area contributed by atoms with E-state index in [1.807, 2.05) is 24.3 Å². The van der Waals surface area contributed by atoms with Gasteiger partial charge in [0.15, 0.2) is 0 Å². The molecule has 27 heavy (non-hydrogen) atoms. The Morgan fingerprint density at radius 2 is 1.59 bits per heavy atom. The van der Waals surface area contributed by atoms with Crippen LogP contribution < -0.4 is 16.9 Å². The Kier molecular flexibility index (Phi) is 6.14. The molecular formula is C20H25N7. The Bertz CT molecular complexity index is 816. The van der Waals surface area contributed by atoms with Crippen molar-refractivity contribution in [1.82, 2.24) is 0 Å².